The van der Waals surface area contributed by atoms with Gasteiger partial charge in [0.05, 0.1) is 18.6 Å². The van der Waals surface area contributed by atoms with Gasteiger partial charge >= 0.3 is 5.97 Å². The Morgan fingerprint density at radius 1 is 0.943 bits per heavy atom. The molecule has 1 N–H and O–H groups in total. The number of Topliss-reactive ketones (excluding diaryl/α,β-unsaturated/α-hetero) is 1. The Kier molecular flexibility index (Phi) is 5.43. The third-order valence-corrected chi connectivity index (χ3v) is 13.2. The van der Waals surface area contributed by atoms with Crippen molar-refractivity contribution in [1.82, 2.24) is 0 Å². The van der Waals surface area contributed by atoms with Gasteiger partial charge in [0.2, 0.25) is 0 Å². The topological polar surface area (TPSA) is 63.6 Å². The van der Waals surface area contributed by atoms with Crippen molar-refractivity contribution >= 4 is 11.8 Å². The highest BCUT2D eigenvalue weighted by Gasteiger charge is 2.70. The second kappa shape index (κ2) is 7.45. The molecule has 4 heteroatoms. The number of esters is 1. The normalized spacial score (nSPS) is 50.1. The van der Waals surface area contributed by atoms with Crippen LogP contribution in [-0.2, 0) is 14.3 Å². The summed E-state index contributed by atoms with van der Waals surface area (Å²) in [5.74, 6) is 1.06. The van der Waals surface area contributed by atoms with Crippen LogP contribution in [0.3, 0.4) is 0 Å². The summed E-state index contributed by atoms with van der Waals surface area (Å²) in [4.78, 5) is 26.3. The maximum Gasteiger partial charge on any atom is 0.312 e. The molecule has 0 heterocycles. The van der Waals surface area contributed by atoms with E-state index in [1.165, 1.54) is 12.7 Å². The highest BCUT2D eigenvalue weighted by Crippen LogP contribution is 2.75. The average Bonchev–Trinajstić information content (AvgIpc) is 2.79. The fraction of sp³-hybridized carbons (Fsp3) is 0.871. The van der Waals surface area contributed by atoms with Crippen molar-refractivity contribution in [3.63, 3.8) is 0 Å². The maximum atomic E-state index is 13.4. The number of fused-ring (bicyclic) bond motifs is 7. The largest absolute Gasteiger partial charge is 0.469 e. The molecule has 0 radical (unpaired) electrons. The molecule has 4 saturated carbocycles. The first kappa shape index (κ1) is 25.5. The predicted molar refractivity (Wildman–Crippen MR) is 137 cm³/mol. The molecule has 0 saturated heterocycles. The number of methoxy groups -OCH3 is 1. The molecule has 35 heavy (non-hydrogen) atoms. The molecule has 5 aliphatic carbocycles. The van der Waals surface area contributed by atoms with Crippen LogP contribution in [0.15, 0.2) is 11.6 Å². The van der Waals surface area contributed by atoms with Crippen molar-refractivity contribution in [2.75, 3.05) is 7.11 Å². The van der Waals surface area contributed by atoms with Gasteiger partial charge in [-0.25, -0.2) is 0 Å². The Morgan fingerprint density at radius 3 is 2.26 bits per heavy atom. The summed E-state index contributed by atoms with van der Waals surface area (Å²) < 4.78 is 5.42. The van der Waals surface area contributed by atoms with E-state index in [-0.39, 0.29) is 39.0 Å². The highest BCUT2D eigenvalue weighted by atomic mass is 16.5. The molecule has 0 spiro atoms. The van der Waals surface area contributed by atoms with Gasteiger partial charge in [-0.2, -0.15) is 0 Å². The van der Waals surface area contributed by atoms with E-state index in [2.05, 4.69) is 54.5 Å². The molecule has 0 bridgehead atoms. The monoisotopic (exact) mass is 484 g/mol. The number of rotatable bonds is 1. The number of carbonyl (C=O) groups excluding carboxylic acids is 2. The fourth-order valence-corrected chi connectivity index (χ4v) is 10.6. The molecular formula is C31H48O4. The number of allylic oxidation sites excluding steroid dienone is 1. The number of carbonyl (C=O) groups is 2. The van der Waals surface area contributed by atoms with Crippen LogP contribution in [0.4, 0.5) is 0 Å². The first-order chi connectivity index (χ1) is 16.1. The summed E-state index contributed by atoms with van der Waals surface area (Å²) in [6, 6.07) is 0. The maximum absolute atomic E-state index is 13.4. The molecule has 4 fully saturated rings. The molecule has 196 valence electrons. The molecule has 0 unspecified atom stereocenters. The van der Waals surface area contributed by atoms with Crippen molar-refractivity contribution < 1.29 is 19.4 Å². The molecule has 0 amide bonds. The SMILES string of the molecule is COC(=O)[C@]12CCC(C)(C)[C@@H](O)[C@H]1C1=CC[C@@H]3[C@@]4(C)CCC(=O)C(C)(C)[C@@H]4CC[C@@]3(C)[C@]1(C)CC2. The molecule has 5 rings (SSSR count). The van der Waals surface area contributed by atoms with E-state index in [0.29, 0.717) is 24.0 Å². The van der Waals surface area contributed by atoms with Crippen LogP contribution in [0.5, 0.6) is 0 Å². The number of hydrogen-bond acceptors (Lipinski definition) is 4. The van der Waals surface area contributed by atoms with Crippen molar-refractivity contribution in [2.45, 2.75) is 112 Å². The molecule has 0 aliphatic heterocycles. The molecule has 0 aromatic heterocycles. The summed E-state index contributed by atoms with van der Waals surface area (Å²) in [5.41, 5.74) is 0.400. The molecular weight excluding hydrogens is 436 g/mol. The van der Waals surface area contributed by atoms with Gasteiger partial charge in [-0.1, -0.05) is 60.1 Å². The molecule has 5 aliphatic rings. The van der Waals surface area contributed by atoms with Gasteiger partial charge in [-0.05, 0) is 84.9 Å². The number of aliphatic hydroxyl groups excluding tert-OH is 1. The number of hydrogen-bond donors (Lipinski definition) is 1. The quantitative estimate of drug-likeness (QED) is 0.341. The predicted octanol–water partition coefficient (Wildman–Crippen LogP) is 6.50. The Morgan fingerprint density at radius 2 is 1.60 bits per heavy atom. The zero-order valence-corrected chi connectivity index (χ0v) is 23.4. The smallest absolute Gasteiger partial charge is 0.312 e. The van der Waals surface area contributed by atoms with Crippen LogP contribution in [0, 0.1) is 50.2 Å². The first-order valence-corrected chi connectivity index (χ1v) is 14.1. The lowest BCUT2D eigenvalue weighted by atomic mass is 9.33. The van der Waals surface area contributed by atoms with Gasteiger partial charge in [0, 0.05) is 17.8 Å². The number of aliphatic hydroxyl groups is 1. The lowest BCUT2D eigenvalue weighted by Crippen LogP contribution is -2.66. The zero-order valence-electron chi connectivity index (χ0n) is 23.4. The third kappa shape index (κ3) is 2.95. The standard InChI is InChI=1S/C31H48O4/c1-26(2)15-17-31(25(34)35-8)18-16-29(6)19(23(31)24(26)33)9-10-21-28(5)13-12-22(32)27(3,4)20(28)11-14-30(21,29)7/h9,20-21,23-24,33H,10-18H2,1-8H3/t20-,21+,23+,24-,28-,29+,30+,31-/m0/s1. The van der Waals surface area contributed by atoms with E-state index in [4.69, 9.17) is 4.74 Å². The Labute approximate surface area is 212 Å². The number of ketones is 1. The van der Waals surface area contributed by atoms with Gasteiger partial charge < -0.3 is 9.84 Å². The van der Waals surface area contributed by atoms with Crippen molar-refractivity contribution in [2.24, 2.45) is 50.2 Å². The second-order valence-corrected chi connectivity index (χ2v) is 15.0. The van der Waals surface area contributed by atoms with E-state index in [9.17, 15) is 14.7 Å². The van der Waals surface area contributed by atoms with E-state index in [1.807, 2.05) is 0 Å². The molecule has 0 aromatic rings. The molecule has 0 aromatic carbocycles. The van der Waals surface area contributed by atoms with Crippen molar-refractivity contribution in [1.29, 1.82) is 0 Å². The Bertz CT molecular complexity index is 976. The summed E-state index contributed by atoms with van der Waals surface area (Å²) in [6.45, 7) is 16.1. The summed E-state index contributed by atoms with van der Waals surface area (Å²) >= 11 is 0. The van der Waals surface area contributed by atoms with Crippen LogP contribution < -0.4 is 0 Å². The highest BCUT2D eigenvalue weighted by molar-refractivity contribution is 5.85. The van der Waals surface area contributed by atoms with Gasteiger partial charge in [-0.3, -0.25) is 9.59 Å². The lowest BCUT2D eigenvalue weighted by molar-refractivity contribution is -0.200. The summed E-state index contributed by atoms with van der Waals surface area (Å²) in [5, 5.41) is 11.8. The van der Waals surface area contributed by atoms with E-state index < -0.39 is 11.5 Å². The molecule has 8 atom stereocenters. The third-order valence-electron chi connectivity index (χ3n) is 13.2. The summed E-state index contributed by atoms with van der Waals surface area (Å²) in [6.07, 6.45) is 10.2. The van der Waals surface area contributed by atoms with Crippen molar-refractivity contribution in [3.8, 4) is 0 Å². The minimum Gasteiger partial charge on any atom is -0.469 e. The van der Waals surface area contributed by atoms with Crippen molar-refractivity contribution in [3.05, 3.63) is 11.6 Å². The minimum absolute atomic E-state index is 0.0634. The van der Waals surface area contributed by atoms with Gasteiger partial charge in [0.15, 0.2) is 0 Å². The van der Waals surface area contributed by atoms with Crippen LogP contribution in [0.1, 0.15) is 106 Å². The van der Waals surface area contributed by atoms with Crippen LogP contribution in [0.2, 0.25) is 0 Å². The van der Waals surface area contributed by atoms with Gasteiger partial charge in [0.1, 0.15) is 5.78 Å². The van der Waals surface area contributed by atoms with E-state index in [0.717, 1.165) is 51.4 Å². The first-order valence-electron chi connectivity index (χ1n) is 14.1. The average molecular weight is 485 g/mol. The van der Waals surface area contributed by atoms with Crippen LogP contribution in [0.25, 0.3) is 0 Å². The van der Waals surface area contributed by atoms with Crippen LogP contribution in [-0.4, -0.2) is 30.1 Å². The Hall–Kier alpha value is -1.16. The van der Waals surface area contributed by atoms with E-state index in [1.54, 1.807) is 0 Å². The minimum atomic E-state index is -0.613. The number of ether oxygens (including phenoxy) is 1. The molecule has 4 nitrogen and oxygen atoms in total. The second-order valence-electron chi connectivity index (χ2n) is 15.0. The Balaban J connectivity index is 1.63. The van der Waals surface area contributed by atoms with E-state index >= 15 is 0 Å². The summed E-state index contributed by atoms with van der Waals surface area (Å²) in [7, 11) is 1.51. The fourth-order valence-electron chi connectivity index (χ4n) is 10.6. The van der Waals surface area contributed by atoms with Crippen LogP contribution >= 0.6 is 0 Å². The van der Waals surface area contributed by atoms with Gasteiger partial charge in [-0.15, -0.1) is 0 Å². The zero-order chi connectivity index (χ0) is 25.8. The lowest BCUT2D eigenvalue weighted by Gasteiger charge is -2.71. The van der Waals surface area contributed by atoms with Gasteiger partial charge in [0.25, 0.3) is 0 Å².